The van der Waals surface area contributed by atoms with Crippen LogP contribution in [0.4, 0.5) is 0 Å². The third-order valence-electron chi connectivity index (χ3n) is 3.93. The van der Waals surface area contributed by atoms with Crippen LogP contribution >= 0.6 is 0 Å². The lowest BCUT2D eigenvalue weighted by Crippen LogP contribution is -2.32. The molecule has 1 unspecified atom stereocenters. The fourth-order valence-electron chi connectivity index (χ4n) is 2.65. The molecule has 2 nitrogen and oxygen atoms in total. The van der Waals surface area contributed by atoms with Crippen LogP contribution in [0.1, 0.15) is 57.6 Å². The summed E-state index contributed by atoms with van der Waals surface area (Å²) in [7, 11) is 0. The molecule has 0 heterocycles. The zero-order valence-electron chi connectivity index (χ0n) is 12.3. The monoisotopic (exact) mass is 261 g/mol. The lowest BCUT2D eigenvalue weighted by Gasteiger charge is -2.35. The molecule has 1 aromatic rings. The van der Waals surface area contributed by atoms with Crippen LogP contribution in [0.5, 0.6) is 5.75 Å². The van der Waals surface area contributed by atoms with Gasteiger partial charge in [-0.2, -0.15) is 0 Å². The predicted octanol–water partition coefficient (Wildman–Crippen LogP) is 4.32. The molecule has 0 amide bonds. The maximum Gasteiger partial charge on any atom is 0.119 e. The van der Waals surface area contributed by atoms with Crippen LogP contribution in [-0.2, 0) is 0 Å². The molecule has 1 saturated carbocycles. The zero-order valence-corrected chi connectivity index (χ0v) is 12.3. The Labute approximate surface area is 117 Å². The van der Waals surface area contributed by atoms with Crippen molar-refractivity contribution in [3.63, 3.8) is 0 Å². The number of rotatable bonds is 8. The Kier molecular flexibility index (Phi) is 5.71. The maximum absolute atomic E-state index is 5.75. The lowest BCUT2D eigenvalue weighted by atomic mass is 9.77. The second kappa shape index (κ2) is 7.54. The molecule has 0 radical (unpaired) electrons. The van der Waals surface area contributed by atoms with Gasteiger partial charge >= 0.3 is 0 Å². The van der Waals surface area contributed by atoms with Crippen molar-refractivity contribution in [2.45, 2.75) is 52.0 Å². The molecule has 0 aliphatic heterocycles. The first-order valence-corrected chi connectivity index (χ1v) is 7.81. The second-order valence-electron chi connectivity index (χ2n) is 5.54. The highest BCUT2D eigenvalue weighted by Crippen LogP contribution is 2.38. The molecule has 106 valence electrons. The Morgan fingerprint density at radius 3 is 2.74 bits per heavy atom. The average molecular weight is 261 g/mol. The molecule has 1 atom stereocenters. The maximum atomic E-state index is 5.75. The standard InChI is InChI=1S/C17H27NO/c1-3-11-18-17(14-7-5-8-14)15-9-6-10-16(13-15)19-12-4-2/h6,9-10,13-14,17-18H,3-5,7-8,11-12H2,1-2H3. The minimum absolute atomic E-state index is 0.513. The number of benzene rings is 1. The van der Waals surface area contributed by atoms with Crippen LogP contribution in [0.25, 0.3) is 0 Å². The summed E-state index contributed by atoms with van der Waals surface area (Å²) < 4.78 is 5.75. The van der Waals surface area contributed by atoms with Crippen molar-refractivity contribution in [1.29, 1.82) is 0 Å². The Morgan fingerprint density at radius 1 is 1.26 bits per heavy atom. The van der Waals surface area contributed by atoms with Crippen molar-refractivity contribution in [3.8, 4) is 5.75 Å². The van der Waals surface area contributed by atoms with E-state index in [0.717, 1.165) is 31.2 Å². The smallest absolute Gasteiger partial charge is 0.119 e. The van der Waals surface area contributed by atoms with Gasteiger partial charge in [0.15, 0.2) is 0 Å². The average Bonchev–Trinajstić information content (AvgIpc) is 2.39. The zero-order chi connectivity index (χ0) is 13.5. The number of hydrogen-bond acceptors (Lipinski definition) is 2. The molecule has 1 fully saturated rings. The lowest BCUT2D eigenvalue weighted by molar-refractivity contribution is 0.230. The van der Waals surface area contributed by atoms with E-state index in [4.69, 9.17) is 4.74 Å². The first kappa shape index (κ1) is 14.4. The van der Waals surface area contributed by atoms with Gasteiger partial charge in [0.1, 0.15) is 5.75 Å². The summed E-state index contributed by atoms with van der Waals surface area (Å²) in [5.74, 6) is 1.83. The molecule has 2 heteroatoms. The molecular formula is C17H27NO. The van der Waals surface area contributed by atoms with Gasteiger partial charge in [0.25, 0.3) is 0 Å². The van der Waals surface area contributed by atoms with E-state index in [2.05, 4.69) is 43.4 Å². The second-order valence-corrected chi connectivity index (χ2v) is 5.54. The first-order chi connectivity index (χ1) is 9.35. The highest BCUT2D eigenvalue weighted by molar-refractivity contribution is 5.31. The van der Waals surface area contributed by atoms with Gasteiger partial charge in [-0.3, -0.25) is 0 Å². The van der Waals surface area contributed by atoms with Crippen molar-refractivity contribution >= 4 is 0 Å². The molecule has 1 N–H and O–H groups in total. The normalized spacial score (nSPS) is 16.9. The Hall–Kier alpha value is -1.02. The van der Waals surface area contributed by atoms with Gasteiger partial charge in [-0.05, 0) is 55.8 Å². The van der Waals surface area contributed by atoms with Crippen molar-refractivity contribution in [2.24, 2.45) is 5.92 Å². The molecule has 0 saturated heterocycles. The summed E-state index contributed by atoms with van der Waals surface area (Å²) in [6.45, 7) is 6.27. The Bertz CT molecular complexity index is 373. The fourth-order valence-corrected chi connectivity index (χ4v) is 2.65. The van der Waals surface area contributed by atoms with E-state index < -0.39 is 0 Å². The molecule has 2 rings (SSSR count). The summed E-state index contributed by atoms with van der Waals surface area (Å²) in [6.07, 6.45) is 6.36. The van der Waals surface area contributed by atoms with Crippen LogP contribution < -0.4 is 10.1 Å². The van der Waals surface area contributed by atoms with E-state index in [9.17, 15) is 0 Å². The SMILES string of the molecule is CCCNC(c1cccc(OCCC)c1)C1CCC1. The molecule has 1 aromatic carbocycles. The van der Waals surface area contributed by atoms with E-state index >= 15 is 0 Å². The van der Waals surface area contributed by atoms with Gasteiger partial charge in [0.05, 0.1) is 6.61 Å². The van der Waals surface area contributed by atoms with Crippen LogP contribution in [0.3, 0.4) is 0 Å². The van der Waals surface area contributed by atoms with Crippen molar-refractivity contribution in [1.82, 2.24) is 5.32 Å². The van der Waals surface area contributed by atoms with Gasteiger partial charge in [-0.15, -0.1) is 0 Å². The van der Waals surface area contributed by atoms with Gasteiger partial charge in [-0.25, -0.2) is 0 Å². The van der Waals surface area contributed by atoms with Gasteiger partial charge in [0.2, 0.25) is 0 Å². The number of ether oxygens (including phenoxy) is 1. The van der Waals surface area contributed by atoms with E-state index in [-0.39, 0.29) is 0 Å². The number of nitrogens with one attached hydrogen (secondary N) is 1. The predicted molar refractivity (Wildman–Crippen MR) is 80.6 cm³/mol. The minimum Gasteiger partial charge on any atom is -0.494 e. The fraction of sp³-hybridized carbons (Fsp3) is 0.647. The number of hydrogen-bond donors (Lipinski definition) is 1. The molecule has 19 heavy (non-hydrogen) atoms. The summed E-state index contributed by atoms with van der Waals surface area (Å²) >= 11 is 0. The van der Waals surface area contributed by atoms with E-state index in [1.54, 1.807) is 0 Å². The quantitative estimate of drug-likeness (QED) is 0.752. The van der Waals surface area contributed by atoms with E-state index in [0.29, 0.717) is 6.04 Å². The third-order valence-corrected chi connectivity index (χ3v) is 3.93. The molecule has 0 aromatic heterocycles. The van der Waals surface area contributed by atoms with E-state index in [1.165, 1.54) is 31.2 Å². The molecule has 0 bridgehead atoms. The van der Waals surface area contributed by atoms with Gasteiger partial charge < -0.3 is 10.1 Å². The topological polar surface area (TPSA) is 21.3 Å². The van der Waals surface area contributed by atoms with Crippen LogP contribution in [0, 0.1) is 5.92 Å². The van der Waals surface area contributed by atoms with Crippen LogP contribution in [-0.4, -0.2) is 13.2 Å². The minimum atomic E-state index is 0.513. The first-order valence-electron chi connectivity index (χ1n) is 7.81. The van der Waals surface area contributed by atoms with Gasteiger partial charge in [-0.1, -0.05) is 32.4 Å². The highest BCUT2D eigenvalue weighted by Gasteiger charge is 2.28. The molecule has 1 aliphatic rings. The van der Waals surface area contributed by atoms with Crippen molar-refractivity contribution in [3.05, 3.63) is 29.8 Å². The molecule has 1 aliphatic carbocycles. The van der Waals surface area contributed by atoms with Crippen LogP contribution in [0.15, 0.2) is 24.3 Å². The van der Waals surface area contributed by atoms with Crippen molar-refractivity contribution < 1.29 is 4.74 Å². The highest BCUT2D eigenvalue weighted by atomic mass is 16.5. The van der Waals surface area contributed by atoms with Crippen molar-refractivity contribution in [2.75, 3.05) is 13.2 Å². The summed E-state index contributed by atoms with van der Waals surface area (Å²) in [4.78, 5) is 0. The Balaban J connectivity index is 2.06. The summed E-state index contributed by atoms with van der Waals surface area (Å²) in [5.41, 5.74) is 1.40. The molecule has 0 spiro atoms. The summed E-state index contributed by atoms with van der Waals surface area (Å²) in [6, 6.07) is 9.17. The third kappa shape index (κ3) is 3.97. The molecular weight excluding hydrogens is 234 g/mol. The Morgan fingerprint density at radius 2 is 2.11 bits per heavy atom. The summed E-state index contributed by atoms with van der Waals surface area (Å²) in [5, 5.41) is 3.72. The van der Waals surface area contributed by atoms with Crippen LogP contribution in [0.2, 0.25) is 0 Å². The van der Waals surface area contributed by atoms with E-state index in [1.807, 2.05) is 0 Å². The van der Waals surface area contributed by atoms with Gasteiger partial charge in [0, 0.05) is 6.04 Å². The largest absolute Gasteiger partial charge is 0.494 e.